The van der Waals surface area contributed by atoms with Crippen molar-refractivity contribution in [3.05, 3.63) is 0 Å². The van der Waals surface area contributed by atoms with Crippen LogP contribution in [0.5, 0.6) is 0 Å². The zero-order chi connectivity index (χ0) is 15.3. The summed E-state index contributed by atoms with van der Waals surface area (Å²) in [7, 11) is 0. The molecule has 2 amide bonds. The van der Waals surface area contributed by atoms with Gasteiger partial charge in [0.15, 0.2) is 0 Å². The molecule has 5 nitrogen and oxygen atoms in total. The van der Waals surface area contributed by atoms with Gasteiger partial charge in [0.2, 0.25) is 0 Å². The van der Waals surface area contributed by atoms with E-state index < -0.39 is 5.97 Å². The molecule has 0 unspecified atom stereocenters. The number of urea groups is 1. The molecule has 1 saturated heterocycles. The highest BCUT2D eigenvalue weighted by Crippen LogP contribution is 2.38. The standard InChI is InChI=1S/C16H28N2O3/c1-13-5-9-18(10-6-13)15(21)17-12-16(11-14(19)20)7-3-2-4-8-16/h13H,2-12H2,1H3,(H,17,21)(H,19,20). The Hall–Kier alpha value is -1.26. The smallest absolute Gasteiger partial charge is 0.317 e. The van der Waals surface area contributed by atoms with Crippen molar-refractivity contribution in [2.24, 2.45) is 11.3 Å². The van der Waals surface area contributed by atoms with Crippen molar-refractivity contribution < 1.29 is 14.7 Å². The van der Waals surface area contributed by atoms with Crippen molar-refractivity contribution in [1.82, 2.24) is 10.2 Å². The van der Waals surface area contributed by atoms with Crippen LogP contribution in [0.2, 0.25) is 0 Å². The summed E-state index contributed by atoms with van der Waals surface area (Å²) in [5.41, 5.74) is -0.233. The molecule has 2 N–H and O–H groups in total. The predicted molar refractivity (Wildman–Crippen MR) is 81.1 cm³/mol. The Morgan fingerprint density at radius 3 is 2.38 bits per heavy atom. The van der Waals surface area contributed by atoms with Gasteiger partial charge in [-0.05, 0) is 37.0 Å². The number of rotatable bonds is 4. The topological polar surface area (TPSA) is 69.6 Å². The average Bonchev–Trinajstić information content (AvgIpc) is 2.46. The highest BCUT2D eigenvalue weighted by Gasteiger charge is 2.35. The molecule has 2 rings (SSSR count). The first-order valence-electron chi connectivity index (χ1n) is 8.25. The largest absolute Gasteiger partial charge is 0.481 e. The lowest BCUT2D eigenvalue weighted by molar-refractivity contribution is -0.140. The van der Waals surface area contributed by atoms with Crippen molar-refractivity contribution >= 4 is 12.0 Å². The van der Waals surface area contributed by atoms with Crippen LogP contribution in [-0.2, 0) is 4.79 Å². The molecule has 0 spiro atoms. The van der Waals surface area contributed by atoms with Crippen LogP contribution in [0.4, 0.5) is 4.79 Å². The normalized spacial score (nSPS) is 22.8. The molecule has 21 heavy (non-hydrogen) atoms. The van der Waals surface area contributed by atoms with Gasteiger partial charge in [0.1, 0.15) is 0 Å². The van der Waals surface area contributed by atoms with Crippen LogP contribution in [-0.4, -0.2) is 41.6 Å². The zero-order valence-corrected chi connectivity index (χ0v) is 13.1. The fourth-order valence-electron chi connectivity index (χ4n) is 3.63. The van der Waals surface area contributed by atoms with Gasteiger partial charge >= 0.3 is 12.0 Å². The second-order valence-corrected chi connectivity index (χ2v) is 6.96. The maximum atomic E-state index is 12.2. The summed E-state index contributed by atoms with van der Waals surface area (Å²) >= 11 is 0. The molecule has 0 atom stereocenters. The van der Waals surface area contributed by atoms with E-state index in [9.17, 15) is 9.59 Å². The number of carboxylic acid groups (broad SMARTS) is 1. The molecular formula is C16H28N2O3. The zero-order valence-electron chi connectivity index (χ0n) is 13.1. The maximum absolute atomic E-state index is 12.2. The Balaban J connectivity index is 1.86. The molecule has 0 aromatic rings. The molecule has 0 aromatic carbocycles. The van der Waals surface area contributed by atoms with E-state index in [1.165, 1.54) is 6.42 Å². The van der Waals surface area contributed by atoms with Gasteiger partial charge in [-0.15, -0.1) is 0 Å². The molecule has 2 aliphatic rings. The highest BCUT2D eigenvalue weighted by atomic mass is 16.4. The van der Waals surface area contributed by atoms with Crippen molar-refractivity contribution in [2.75, 3.05) is 19.6 Å². The molecule has 120 valence electrons. The van der Waals surface area contributed by atoms with E-state index in [2.05, 4.69) is 12.2 Å². The number of nitrogens with zero attached hydrogens (tertiary/aromatic N) is 1. The summed E-state index contributed by atoms with van der Waals surface area (Å²) < 4.78 is 0. The van der Waals surface area contributed by atoms with Crippen LogP contribution < -0.4 is 5.32 Å². The first kappa shape index (κ1) is 16.1. The fraction of sp³-hybridized carbons (Fsp3) is 0.875. The van der Waals surface area contributed by atoms with E-state index >= 15 is 0 Å². The predicted octanol–water partition coefficient (Wildman–Crippen LogP) is 2.85. The number of likely N-dealkylation sites (tertiary alicyclic amines) is 1. The van der Waals surface area contributed by atoms with E-state index in [4.69, 9.17) is 5.11 Å². The van der Waals surface area contributed by atoms with Crippen LogP contribution in [0.1, 0.15) is 58.3 Å². The van der Waals surface area contributed by atoms with Crippen LogP contribution in [0.3, 0.4) is 0 Å². The summed E-state index contributed by atoms with van der Waals surface area (Å²) in [6.45, 7) is 4.36. The minimum absolute atomic E-state index is 0.0164. The lowest BCUT2D eigenvalue weighted by atomic mass is 9.72. The third-order valence-electron chi connectivity index (χ3n) is 5.13. The first-order chi connectivity index (χ1) is 10.0. The third kappa shape index (κ3) is 4.61. The van der Waals surface area contributed by atoms with Gasteiger partial charge in [-0.2, -0.15) is 0 Å². The quantitative estimate of drug-likeness (QED) is 0.838. The minimum Gasteiger partial charge on any atom is -0.481 e. The molecule has 1 aliphatic carbocycles. The molecule has 0 bridgehead atoms. The Labute approximate surface area is 127 Å². The number of nitrogens with one attached hydrogen (secondary N) is 1. The Morgan fingerprint density at radius 1 is 1.19 bits per heavy atom. The SMILES string of the molecule is CC1CCN(C(=O)NCC2(CC(=O)O)CCCCC2)CC1. The van der Waals surface area contributed by atoms with Crippen molar-refractivity contribution in [1.29, 1.82) is 0 Å². The molecule has 1 heterocycles. The van der Waals surface area contributed by atoms with E-state index in [0.29, 0.717) is 12.5 Å². The number of carbonyl (C=O) groups excluding carboxylic acids is 1. The summed E-state index contributed by atoms with van der Waals surface area (Å²) in [5, 5.41) is 12.2. The van der Waals surface area contributed by atoms with E-state index in [1.807, 2.05) is 4.90 Å². The number of aliphatic carboxylic acids is 1. The Morgan fingerprint density at radius 2 is 1.81 bits per heavy atom. The number of hydrogen-bond acceptors (Lipinski definition) is 2. The number of carbonyl (C=O) groups is 2. The molecule has 0 aromatic heterocycles. The number of amides is 2. The van der Waals surface area contributed by atoms with Crippen molar-refractivity contribution in [3.63, 3.8) is 0 Å². The lowest BCUT2D eigenvalue weighted by Crippen LogP contribution is -2.48. The molecule has 1 aliphatic heterocycles. The lowest BCUT2D eigenvalue weighted by Gasteiger charge is -2.37. The van der Waals surface area contributed by atoms with Gasteiger partial charge in [-0.1, -0.05) is 26.2 Å². The number of hydrogen-bond donors (Lipinski definition) is 2. The third-order valence-corrected chi connectivity index (χ3v) is 5.13. The van der Waals surface area contributed by atoms with Crippen molar-refractivity contribution in [3.8, 4) is 0 Å². The number of piperidine rings is 1. The molecule has 0 radical (unpaired) electrons. The summed E-state index contributed by atoms with van der Waals surface area (Å²) in [5.74, 6) is -0.0521. The van der Waals surface area contributed by atoms with Crippen LogP contribution in [0.25, 0.3) is 0 Å². The van der Waals surface area contributed by atoms with Gasteiger partial charge < -0.3 is 15.3 Å². The average molecular weight is 296 g/mol. The number of carboxylic acids is 1. The van der Waals surface area contributed by atoms with Gasteiger partial charge in [0.25, 0.3) is 0 Å². The van der Waals surface area contributed by atoms with E-state index in [0.717, 1.165) is 51.6 Å². The monoisotopic (exact) mass is 296 g/mol. The van der Waals surface area contributed by atoms with Gasteiger partial charge in [-0.3, -0.25) is 4.79 Å². The Kier molecular flexibility index (Phi) is 5.48. The Bertz CT molecular complexity index is 370. The van der Waals surface area contributed by atoms with Crippen LogP contribution >= 0.6 is 0 Å². The fourth-order valence-corrected chi connectivity index (χ4v) is 3.63. The summed E-state index contributed by atoms with van der Waals surface area (Å²) in [4.78, 5) is 25.2. The highest BCUT2D eigenvalue weighted by molar-refractivity contribution is 5.74. The van der Waals surface area contributed by atoms with E-state index in [-0.39, 0.29) is 17.9 Å². The van der Waals surface area contributed by atoms with Gasteiger partial charge in [-0.25, -0.2) is 4.79 Å². The summed E-state index contributed by atoms with van der Waals surface area (Å²) in [6, 6.07) is -0.0164. The van der Waals surface area contributed by atoms with Crippen LogP contribution in [0.15, 0.2) is 0 Å². The minimum atomic E-state index is -0.752. The molecule has 2 fully saturated rings. The first-order valence-corrected chi connectivity index (χ1v) is 8.25. The van der Waals surface area contributed by atoms with Gasteiger partial charge in [0, 0.05) is 19.6 Å². The maximum Gasteiger partial charge on any atom is 0.317 e. The van der Waals surface area contributed by atoms with Crippen molar-refractivity contribution in [2.45, 2.75) is 58.3 Å². The second kappa shape index (κ2) is 7.14. The van der Waals surface area contributed by atoms with Crippen LogP contribution in [0, 0.1) is 11.3 Å². The second-order valence-electron chi connectivity index (χ2n) is 6.96. The molecule has 1 saturated carbocycles. The summed E-state index contributed by atoms with van der Waals surface area (Å²) in [6.07, 6.45) is 7.45. The van der Waals surface area contributed by atoms with E-state index in [1.54, 1.807) is 0 Å². The molecular weight excluding hydrogens is 268 g/mol. The van der Waals surface area contributed by atoms with Gasteiger partial charge in [0.05, 0.1) is 6.42 Å². The molecule has 5 heteroatoms.